The van der Waals surface area contributed by atoms with E-state index in [1.165, 1.54) is 0 Å². The number of aliphatic hydroxyl groups is 1. The molecule has 5 heteroatoms. The van der Waals surface area contributed by atoms with Gasteiger partial charge in [-0.1, -0.05) is 0 Å². The lowest BCUT2D eigenvalue weighted by Gasteiger charge is -2.10. The molecule has 0 aromatic heterocycles. The summed E-state index contributed by atoms with van der Waals surface area (Å²) in [5.74, 6) is 1.89. The molecule has 0 atom stereocenters. The van der Waals surface area contributed by atoms with Gasteiger partial charge in [-0.2, -0.15) is 0 Å². The zero-order chi connectivity index (χ0) is 11.4. The van der Waals surface area contributed by atoms with Crippen LogP contribution in [0.4, 0.5) is 0 Å². The summed E-state index contributed by atoms with van der Waals surface area (Å²) < 4.78 is 20.8. The number of methoxy groups -OCH3 is 1. The SMILES string of the molecule is COCCOc1cc2c(cc1CO)OCO2. The highest BCUT2D eigenvalue weighted by Crippen LogP contribution is 2.38. The Bertz CT molecular complexity index is 364. The number of hydrogen-bond donors (Lipinski definition) is 1. The minimum Gasteiger partial charge on any atom is -0.491 e. The van der Waals surface area contributed by atoms with Gasteiger partial charge in [0.1, 0.15) is 12.4 Å². The summed E-state index contributed by atoms with van der Waals surface area (Å²) in [5, 5.41) is 9.20. The highest BCUT2D eigenvalue weighted by Gasteiger charge is 2.17. The quantitative estimate of drug-likeness (QED) is 0.757. The third kappa shape index (κ3) is 2.20. The monoisotopic (exact) mass is 226 g/mol. The van der Waals surface area contributed by atoms with Crippen LogP contribution in [-0.4, -0.2) is 32.2 Å². The molecule has 0 fully saturated rings. The molecule has 0 saturated heterocycles. The highest BCUT2D eigenvalue weighted by molar-refractivity contribution is 5.51. The predicted octanol–water partition coefficient (Wildman–Crippen LogP) is 0.933. The molecule has 1 aliphatic rings. The Balaban J connectivity index is 2.15. The summed E-state index contributed by atoms with van der Waals surface area (Å²) >= 11 is 0. The van der Waals surface area contributed by atoms with Crippen molar-refractivity contribution < 1.29 is 24.1 Å². The van der Waals surface area contributed by atoms with Crippen LogP contribution in [-0.2, 0) is 11.3 Å². The topological polar surface area (TPSA) is 57.2 Å². The first kappa shape index (κ1) is 11.0. The summed E-state index contributed by atoms with van der Waals surface area (Å²) in [4.78, 5) is 0. The predicted molar refractivity (Wildman–Crippen MR) is 55.9 cm³/mol. The van der Waals surface area contributed by atoms with Crippen molar-refractivity contribution in [3.05, 3.63) is 17.7 Å². The van der Waals surface area contributed by atoms with Crippen molar-refractivity contribution in [1.29, 1.82) is 0 Å². The van der Waals surface area contributed by atoms with Gasteiger partial charge in [0.15, 0.2) is 11.5 Å². The number of benzene rings is 1. The Morgan fingerprint density at radius 1 is 1.25 bits per heavy atom. The first-order valence-electron chi connectivity index (χ1n) is 5.00. The van der Waals surface area contributed by atoms with Gasteiger partial charge in [0, 0.05) is 18.7 Å². The zero-order valence-corrected chi connectivity index (χ0v) is 9.06. The third-order valence-electron chi connectivity index (χ3n) is 2.27. The van der Waals surface area contributed by atoms with Crippen molar-refractivity contribution in [2.75, 3.05) is 27.1 Å². The van der Waals surface area contributed by atoms with Gasteiger partial charge in [0.05, 0.1) is 13.2 Å². The maximum Gasteiger partial charge on any atom is 0.231 e. The van der Waals surface area contributed by atoms with Gasteiger partial charge in [0.25, 0.3) is 0 Å². The molecule has 5 nitrogen and oxygen atoms in total. The lowest BCUT2D eigenvalue weighted by molar-refractivity contribution is 0.144. The van der Waals surface area contributed by atoms with Crippen LogP contribution in [0.2, 0.25) is 0 Å². The van der Waals surface area contributed by atoms with Gasteiger partial charge in [-0.3, -0.25) is 0 Å². The molecule has 16 heavy (non-hydrogen) atoms. The van der Waals surface area contributed by atoms with E-state index in [1.54, 1.807) is 19.2 Å². The van der Waals surface area contributed by atoms with E-state index >= 15 is 0 Å². The molecule has 1 aliphatic heterocycles. The second-order valence-electron chi connectivity index (χ2n) is 3.31. The number of rotatable bonds is 5. The molecule has 0 saturated carbocycles. The molecule has 88 valence electrons. The Labute approximate surface area is 93.5 Å². The smallest absolute Gasteiger partial charge is 0.231 e. The van der Waals surface area contributed by atoms with E-state index in [4.69, 9.17) is 18.9 Å². The number of hydrogen-bond acceptors (Lipinski definition) is 5. The number of fused-ring (bicyclic) bond motifs is 1. The third-order valence-corrected chi connectivity index (χ3v) is 2.27. The normalized spacial score (nSPS) is 12.9. The zero-order valence-electron chi connectivity index (χ0n) is 9.06. The van der Waals surface area contributed by atoms with Crippen molar-refractivity contribution >= 4 is 0 Å². The van der Waals surface area contributed by atoms with Crippen molar-refractivity contribution in [1.82, 2.24) is 0 Å². The summed E-state index contributed by atoms with van der Waals surface area (Å²) in [5.41, 5.74) is 0.681. The van der Waals surface area contributed by atoms with Crippen molar-refractivity contribution in [3.63, 3.8) is 0 Å². The molecular formula is C11H14O5. The molecule has 0 bridgehead atoms. The average Bonchev–Trinajstić information content (AvgIpc) is 2.75. The van der Waals surface area contributed by atoms with E-state index in [9.17, 15) is 5.11 Å². The first-order valence-corrected chi connectivity index (χ1v) is 5.00. The molecule has 0 spiro atoms. The lowest BCUT2D eigenvalue weighted by Crippen LogP contribution is -2.06. The molecule has 0 aliphatic carbocycles. The van der Waals surface area contributed by atoms with Gasteiger partial charge in [0.2, 0.25) is 6.79 Å². The molecule has 1 N–H and O–H groups in total. The molecule has 1 aromatic carbocycles. The minimum absolute atomic E-state index is 0.0983. The number of ether oxygens (including phenoxy) is 4. The molecule has 1 aromatic rings. The van der Waals surface area contributed by atoms with E-state index in [0.29, 0.717) is 36.0 Å². The Morgan fingerprint density at radius 2 is 2.00 bits per heavy atom. The van der Waals surface area contributed by atoms with Gasteiger partial charge < -0.3 is 24.1 Å². The maximum absolute atomic E-state index is 9.20. The second-order valence-corrected chi connectivity index (χ2v) is 3.31. The maximum atomic E-state index is 9.20. The summed E-state index contributed by atoms with van der Waals surface area (Å²) in [7, 11) is 1.61. The van der Waals surface area contributed by atoms with E-state index in [1.807, 2.05) is 0 Å². The van der Waals surface area contributed by atoms with Crippen LogP contribution in [0, 0.1) is 0 Å². The summed E-state index contributed by atoms with van der Waals surface area (Å²) in [6.07, 6.45) is 0. The van der Waals surface area contributed by atoms with Crippen LogP contribution in [0.1, 0.15) is 5.56 Å². The largest absolute Gasteiger partial charge is 0.491 e. The second kappa shape index (κ2) is 5.05. The van der Waals surface area contributed by atoms with E-state index < -0.39 is 0 Å². The fraction of sp³-hybridized carbons (Fsp3) is 0.455. The molecule has 0 unspecified atom stereocenters. The van der Waals surface area contributed by atoms with Gasteiger partial charge in [-0.05, 0) is 6.07 Å². The minimum atomic E-state index is -0.0983. The average molecular weight is 226 g/mol. The highest BCUT2D eigenvalue weighted by atomic mass is 16.7. The van der Waals surface area contributed by atoms with Crippen LogP contribution < -0.4 is 14.2 Å². The van der Waals surface area contributed by atoms with Crippen molar-refractivity contribution in [2.24, 2.45) is 0 Å². The van der Waals surface area contributed by atoms with Gasteiger partial charge >= 0.3 is 0 Å². The standard InChI is InChI=1S/C11H14O5/c1-13-2-3-14-9-5-11-10(15-7-16-11)4-8(9)6-12/h4-5,12H,2-3,6-7H2,1H3. The van der Waals surface area contributed by atoms with Gasteiger partial charge in [-0.25, -0.2) is 0 Å². The molecule has 1 heterocycles. The van der Waals surface area contributed by atoms with Crippen LogP contribution in [0.5, 0.6) is 17.2 Å². The molecule has 0 radical (unpaired) electrons. The van der Waals surface area contributed by atoms with E-state index in [2.05, 4.69) is 0 Å². The fourth-order valence-corrected chi connectivity index (χ4v) is 1.46. The van der Waals surface area contributed by atoms with E-state index in [0.717, 1.165) is 0 Å². The number of aliphatic hydroxyl groups excluding tert-OH is 1. The summed E-state index contributed by atoms with van der Waals surface area (Å²) in [6, 6.07) is 3.45. The van der Waals surface area contributed by atoms with Gasteiger partial charge in [-0.15, -0.1) is 0 Å². The van der Waals surface area contributed by atoms with Crippen molar-refractivity contribution in [2.45, 2.75) is 6.61 Å². The molecule has 2 rings (SSSR count). The van der Waals surface area contributed by atoms with Crippen molar-refractivity contribution in [3.8, 4) is 17.2 Å². The van der Waals surface area contributed by atoms with Crippen LogP contribution in [0.3, 0.4) is 0 Å². The Morgan fingerprint density at radius 3 is 2.69 bits per heavy atom. The van der Waals surface area contributed by atoms with Crippen LogP contribution in [0.15, 0.2) is 12.1 Å². The van der Waals surface area contributed by atoms with Crippen LogP contribution >= 0.6 is 0 Å². The molecule has 0 amide bonds. The van der Waals surface area contributed by atoms with Crippen LogP contribution in [0.25, 0.3) is 0 Å². The molecular weight excluding hydrogens is 212 g/mol. The lowest BCUT2D eigenvalue weighted by atomic mass is 10.2. The Kier molecular flexibility index (Phi) is 3.48. The fourth-order valence-electron chi connectivity index (χ4n) is 1.46. The first-order chi connectivity index (χ1) is 7.85. The Hall–Kier alpha value is -1.46. The summed E-state index contributed by atoms with van der Waals surface area (Å²) in [6.45, 7) is 1.04. The van der Waals surface area contributed by atoms with E-state index in [-0.39, 0.29) is 13.4 Å².